The summed E-state index contributed by atoms with van der Waals surface area (Å²) < 4.78 is 39.5. The van der Waals surface area contributed by atoms with Gasteiger partial charge in [-0.25, -0.2) is 4.57 Å². The Kier molecular flexibility index (Phi) is 53.4. The third kappa shape index (κ3) is 53.5. The molecule has 12 heteroatoms. The van der Waals surface area contributed by atoms with Crippen molar-refractivity contribution in [1.82, 2.24) is 0 Å². The molecule has 0 aliphatic carbocycles. The first-order valence-corrected chi connectivity index (χ1v) is 31.0. The molecule has 0 saturated heterocycles. The Morgan fingerprint density at radius 2 is 0.703 bits per heavy atom. The van der Waals surface area contributed by atoms with Gasteiger partial charge >= 0.3 is 25.7 Å². The van der Waals surface area contributed by atoms with Crippen LogP contribution in [0, 0.1) is 0 Å². The van der Waals surface area contributed by atoms with E-state index in [0.29, 0.717) is 19.3 Å². The van der Waals surface area contributed by atoms with E-state index in [1.54, 1.807) is 0 Å². The lowest BCUT2D eigenvalue weighted by atomic mass is 10.1. The van der Waals surface area contributed by atoms with Crippen molar-refractivity contribution >= 4 is 25.7 Å². The molecule has 0 aliphatic rings. The normalized spacial score (nSPS) is 14.0. The quantitative estimate of drug-likeness (QED) is 0.0197. The Bertz CT molecular complexity index is 1560. The van der Waals surface area contributed by atoms with Crippen LogP contribution in [-0.4, -0.2) is 66.5 Å². The van der Waals surface area contributed by atoms with E-state index in [4.69, 9.17) is 23.3 Å². The summed E-state index contributed by atoms with van der Waals surface area (Å²) in [6, 6.07) is 0. The molecule has 0 aliphatic heterocycles. The maximum absolute atomic E-state index is 12.9. The van der Waals surface area contributed by atoms with Crippen molar-refractivity contribution in [3.8, 4) is 0 Å². The van der Waals surface area contributed by atoms with Crippen molar-refractivity contribution in [1.29, 1.82) is 0 Å². The Labute approximate surface area is 451 Å². The van der Waals surface area contributed by atoms with Crippen LogP contribution in [0.5, 0.6) is 0 Å². The zero-order valence-corrected chi connectivity index (χ0v) is 47.9. The first-order chi connectivity index (χ1) is 36.2. The van der Waals surface area contributed by atoms with Gasteiger partial charge in [0, 0.05) is 19.3 Å². The molecule has 0 bridgehead atoms. The Balaban J connectivity index is 4.72. The average Bonchev–Trinajstić information content (AvgIpc) is 3.39. The van der Waals surface area contributed by atoms with Gasteiger partial charge in [-0.2, -0.15) is 0 Å². The van der Waals surface area contributed by atoms with E-state index in [2.05, 4.69) is 106 Å². The van der Waals surface area contributed by atoms with Crippen molar-refractivity contribution in [3.63, 3.8) is 0 Å². The third-order valence-electron chi connectivity index (χ3n) is 12.3. The number of aliphatic hydroxyl groups excluding tert-OH is 1. The second-order valence-corrected chi connectivity index (χ2v) is 20.9. The van der Waals surface area contributed by atoms with Crippen LogP contribution in [0.15, 0.2) is 85.1 Å². The summed E-state index contributed by atoms with van der Waals surface area (Å²) in [7, 11) is -4.76. The fourth-order valence-corrected chi connectivity index (χ4v) is 8.61. The van der Waals surface area contributed by atoms with Crippen molar-refractivity contribution in [2.75, 3.05) is 26.4 Å². The molecular formula is C62H107O11P. The number of rotatable bonds is 54. The minimum absolute atomic E-state index is 0.146. The van der Waals surface area contributed by atoms with Crippen molar-refractivity contribution in [3.05, 3.63) is 85.1 Å². The number of hydrogen-bond acceptors (Lipinski definition) is 10. The molecule has 0 aromatic carbocycles. The largest absolute Gasteiger partial charge is 0.472 e. The molecule has 0 fully saturated rings. The van der Waals surface area contributed by atoms with E-state index in [1.807, 2.05) is 0 Å². The minimum Gasteiger partial charge on any atom is -0.462 e. The molecule has 0 rings (SSSR count). The summed E-state index contributed by atoms with van der Waals surface area (Å²) in [5, 5.41) is 9.82. The molecule has 0 aromatic heterocycles. The highest BCUT2D eigenvalue weighted by Gasteiger charge is 2.28. The van der Waals surface area contributed by atoms with Gasteiger partial charge in [0.1, 0.15) is 12.7 Å². The average molecular weight is 1060 g/mol. The molecule has 0 radical (unpaired) electrons. The fraction of sp³-hybridized carbons (Fsp3) is 0.726. The molecule has 0 spiro atoms. The van der Waals surface area contributed by atoms with Crippen LogP contribution in [0.2, 0.25) is 0 Å². The van der Waals surface area contributed by atoms with Crippen LogP contribution in [0.1, 0.15) is 252 Å². The Hall–Kier alpha value is -3.34. The van der Waals surface area contributed by atoms with Crippen LogP contribution < -0.4 is 0 Å². The lowest BCUT2D eigenvalue weighted by Gasteiger charge is -2.21. The highest BCUT2D eigenvalue weighted by Crippen LogP contribution is 2.43. The lowest BCUT2D eigenvalue weighted by Crippen LogP contribution is -2.30. The monoisotopic (exact) mass is 1060 g/mol. The summed E-state index contributed by atoms with van der Waals surface area (Å²) in [6.45, 7) is 4.46. The number of carbonyl (C=O) groups excluding carboxylic acids is 3. The predicted molar refractivity (Wildman–Crippen MR) is 307 cm³/mol. The molecule has 11 nitrogen and oxygen atoms in total. The van der Waals surface area contributed by atoms with Crippen molar-refractivity contribution in [2.24, 2.45) is 0 Å². The number of esters is 3. The molecule has 2 N–H and O–H groups in total. The molecule has 0 aromatic rings. The summed E-state index contributed by atoms with van der Waals surface area (Å²) >= 11 is 0. The Morgan fingerprint density at radius 1 is 0.392 bits per heavy atom. The standard InChI is InChI=1S/C62H107O11P/c1-4-7-10-13-16-19-22-24-26-28-29-31-33-35-38-41-44-47-50-53-62(66)73-59(55-69-60(64)51-48-45-42-39-36-21-18-15-12-9-6-3)57-71-74(67,68)70-56-58(54-63)72-61(65)52-49-46-43-40-37-34-32-30-27-25-23-20-17-14-11-8-5-2/h8,11,16-17,19-20,24-27,29,31-32,34,58-59,63H,4-7,9-10,12-15,18,21-23,28,30,33,35-57H2,1-3H3,(H,67,68)/b11-8-,19-16-,20-17-,26-24-,27-25-,31-29-,34-32-. The van der Waals surface area contributed by atoms with E-state index in [0.717, 1.165) is 122 Å². The number of phosphoric ester groups is 1. The van der Waals surface area contributed by atoms with Gasteiger partial charge in [0.05, 0.1) is 19.8 Å². The SMILES string of the molecule is CC/C=C\C/C=C\C/C=C\C/C=C\CCCCCCC(=O)OC(CO)COP(=O)(O)OCC(COC(=O)CCCCCCCCCCCCC)OC(=O)CCCCCCCC/C=C\C/C=C\C/C=C\CCCCC. The number of unbranched alkanes of at least 4 members (excludes halogenated alkanes) is 23. The first kappa shape index (κ1) is 70.7. The van der Waals surface area contributed by atoms with Crippen LogP contribution in [-0.2, 0) is 42.2 Å². The van der Waals surface area contributed by atoms with Crippen molar-refractivity contribution in [2.45, 2.75) is 264 Å². The number of ether oxygens (including phenoxy) is 3. The first-order valence-electron chi connectivity index (χ1n) is 29.5. The lowest BCUT2D eigenvalue weighted by molar-refractivity contribution is -0.161. The Morgan fingerprint density at radius 3 is 1.11 bits per heavy atom. The van der Waals surface area contributed by atoms with Gasteiger partial charge in [0.2, 0.25) is 0 Å². The zero-order chi connectivity index (χ0) is 54.1. The van der Waals surface area contributed by atoms with Crippen LogP contribution in [0.4, 0.5) is 0 Å². The molecule has 426 valence electrons. The van der Waals surface area contributed by atoms with E-state index < -0.39 is 57.8 Å². The van der Waals surface area contributed by atoms with E-state index in [-0.39, 0.29) is 25.9 Å². The van der Waals surface area contributed by atoms with E-state index in [9.17, 15) is 28.9 Å². The zero-order valence-electron chi connectivity index (χ0n) is 47.0. The molecule has 3 unspecified atom stereocenters. The second kappa shape index (κ2) is 55.9. The van der Waals surface area contributed by atoms with Crippen LogP contribution in [0.25, 0.3) is 0 Å². The topological polar surface area (TPSA) is 155 Å². The number of carbonyl (C=O) groups is 3. The summed E-state index contributed by atoms with van der Waals surface area (Å²) in [4.78, 5) is 48.5. The fourth-order valence-electron chi connectivity index (χ4n) is 7.82. The van der Waals surface area contributed by atoms with Crippen LogP contribution >= 0.6 is 7.82 Å². The molecule has 74 heavy (non-hydrogen) atoms. The third-order valence-corrected chi connectivity index (χ3v) is 13.3. The number of aliphatic hydroxyl groups is 1. The number of phosphoric acid groups is 1. The molecule has 0 heterocycles. The highest BCUT2D eigenvalue weighted by molar-refractivity contribution is 7.47. The predicted octanol–water partition coefficient (Wildman–Crippen LogP) is 17.5. The van der Waals surface area contributed by atoms with Gasteiger partial charge in [-0.05, 0) is 96.3 Å². The summed E-state index contributed by atoms with van der Waals surface area (Å²) in [6.07, 6.45) is 63.9. The summed E-state index contributed by atoms with van der Waals surface area (Å²) in [5.74, 6) is -1.50. The molecular weight excluding hydrogens is 952 g/mol. The molecule has 3 atom stereocenters. The van der Waals surface area contributed by atoms with E-state index in [1.165, 1.54) is 70.6 Å². The maximum atomic E-state index is 12.9. The van der Waals surface area contributed by atoms with E-state index >= 15 is 0 Å². The van der Waals surface area contributed by atoms with Gasteiger partial charge in [-0.1, -0.05) is 221 Å². The molecule has 0 amide bonds. The van der Waals surface area contributed by atoms with Gasteiger partial charge in [0.15, 0.2) is 6.10 Å². The maximum Gasteiger partial charge on any atom is 0.472 e. The minimum atomic E-state index is -4.76. The van der Waals surface area contributed by atoms with Gasteiger partial charge in [0.25, 0.3) is 0 Å². The van der Waals surface area contributed by atoms with Gasteiger partial charge < -0.3 is 24.2 Å². The highest BCUT2D eigenvalue weighted by atomic mass is 31.2. The smallest absolute Gasteiger partial charge is 0.462 e. The van der Waals surface area contributed by atoms with Crippen LogP contribution in [0.3, 0.4) is 0 Å². The number of hydrogen-bond donors (Lipinski definition) is 2. The van der Waals surface area contributed by atoms with Gasteiger partial charge in [-0.15, -0.1) is 0 Å². The van der Waals surface area contributed by atoms with Gasteiger partial charge in [-0.3, -0.25) is 23.4 Å². The summed E-state index contributed by atoms with van der Waals surface area (Å²) in [5.41, 5.74) is 0. The van der Waals surface area contributed by atoms with Crippen molar-refractivity contribution < 1.29 is 52.2 Å². The number of allylic oxidation sites excluding steroid dienone is 14. The second-order valence-electron chi connectivity index (χ2n) is 19.4. The molecule has 0 saturated carbocycles.